The minimum absolute atomic E-state index is 0.0485. The molecule has 0 saturated heterocycles. The maximum Gasteiger partial charge on any atom is 0.337 e. The predicted octanol–water partition coefficient (Wildman–Crippen LogP) is 2.04. The van der Waals surface area contributed by atoms with Crippen molar-refractivity contribution in [1.82, 2.24) is 5.32 Å². The molecule has 106 valence electrons. The lowest BCUT2D eigenvalue weighted by molar-refractivity contribution is -0.135. The number of rotatable bonds is 3. The van der Waals surface area contributed by atoms with Crippen LogP contribution in [-0.2, 0) is 14.3 Å². The molecule has 0 aromatic heterocycles. The van der Waals surface area contributed by atoms with E-state index in [0.29, 0.717) is 5.57 Å². The van der Waals surface area contributed by atoms with Crippen LogP contribution in [0.15, 0.2) is 22.9 Å². The third kappa shape index (κ3) is 3.80. The van der Waals surface area contributed by atoms with Crippen LogP contribution in [0.5, 0.6) is 0 Å². The van der Waals surface area contributed by atoms with Gasteiger partial charge in [-0.2, -0.15) is 0 Å². The van der Waals surface area contributed by atoms with Gasteiger partial charge in [-0.25, -0.2) is 4.79 Å². The van der Waals surface area contributed by atoms with Gasteiger partial charge in [0.1, 0.15) is 0 Å². The van der Waals surface area contributed by atoms with E-state index in [0.717, 1.165) is 5.20 Å². The molecule has 1 aliphatic rings. The van der Waals surface area contributed by atoms with Crippen LogP contribution in [-0.4, -0.2) is 33.1 Å². The maximum absolute atomic E-state index is 11.9. The molecule has 1 rings (SSSR count). The summed E-state index contributed by atoms with van der Waals surface area (Å²) in [6.45, 7) is 10.0. The molecule has 0 aromatic carbocycles. The first kappa shape index (κ1) is 15.7. The molecule has 0 unspecified atom stereocenters. The van der Waals surface area contributed by atoms with Crippen LogP contribution in [0.4, 0.5) is 0 Å². The average Bonchev–Trinajstić information content (AvgIpc) is 2.28. The van der Waals surface area contributed by atoms with Gasteiger partial charge in [0, 0.05) is 6.92 Å². The van der Waals surface area contributed by atoms with Gasteiger partial charge in [0.25, 0.3) is 0 Å². The molecule has 5 heteroatoms. The van der Waals surface area contributed by atoms with Gasteiger partial charge >= 0.3 is 5.97 Å². The Balaban J connectivity index is 3.18. The standard InChI is InChI=1S/C14H23NO3Si/c1-9-7-11(14(17)18-3)13(19(4,5)6)8-12(9)15-10(2)16/h7-9,12H,1-6H3,(H,15,16)/t9-,12+/m1/s1. The van der Waals surface area contributed by atoms with Crippen LogP contribution in [0.2, 0.25) is 19.6 Å². The molecule has 0 bridgehead atoms. The minimum Gasteiger partial charge on any atom is -0.465 e. The van der Waals surface area contributed by atoms with Crippen molar-refractivity contribution < 1.29 is 14.3 Å². The van der Waals surface area contributed by atoms with Crippen molar-refractivity contribution in [3.63, 3.8) is 0 Å². The van der Waals surface area contributed by atoms with Gasteiger partial charge in [-0.3, -0.25) is 4.79 Å². The van der Waals surface area contributed by atoms with Crippen molar-refractivity contribution in [3.8, 4) is 0 Å². The predicted molar refractivity (Wildman–Crippen MR) is 78.3 cm³/mol. The van der Waals surface area contributed by atoms with E-state index in [-0.39, 0.29) is 23.8 Å². The van der Waals surface area contributed by atoms with E-state index in [2.05, 4.69) is 25.0 Å². The van der Waals surface area contributed by atoms with Gasteiger partial charge in [0.05, 0.1) is 26.8 Å². The minimum atomic E-state index is -1.68. The summed E-state index contributed by atoms with van der Waals surface area (Å²) in [6, 6.07) is -0.0485. The van der Waals surface area contributed by atoms with Crippen LogP contribution in [0, 0.1) is 5.92 Å². The van der Waals surface area contributed by atoms with E-state index in [9.17, 15) is 9.59 Å². The van der Waals surface area contributed by atoms with Gasteiger partial charge in [0.15, 0.2) is 0 Å². The van der Waals surface area contributed by atoms with Crippen LogP contribution in [0.1, 0.15) is 13.8 Å². The number of carbonyl (C=O) groups excluding carboxylic acids is 2. The molecule has 1 aliphatic carbocycles. The Kier molecular flexibility index (Phi) is 4.74. The molecule has 0 fully saturated rings. The van der Waals surface area contributed by atoms with Crippen molar-refractivity contribution in [2.45, 2.75) is 39.5 Å². The number of hydrogen-bond acceptors (Lipinski definition) is 3. The summed E-state index contributed by atoms with van der Waals surface area (Å²) in [4.78, 5) is 23.1. The number of methoxy groups -OCH3 is 1. The molecule has 19 heavy (non-hydrogen) atoms. The fraction of sp³-hybridized carbons (Fsp3) is 0.571. The zero-order valence-electron chi connectivity index (χ0n) is 12.5. The Morgan fingerprint density at radius 2 is 1.84 bits per heavy atom. The Labute approximate surface area is 115 Å². The first-order valence-corrected chi connectivity index (χ1v) is 9.96. The average molecular weight is 281 g/mol. The highest BCUT2D eigenvalue weighted by Crippen LogP contribution is 2.30. The molecule has 4 nitrogen and oxygen atoms in total. The second-order valence-corrected chi connectivity index (χ2v) is 11.0. The quantitative estimate of drug-likeness (QED) is 0.636. The van der Waals surface area contributed by atoms with Crippen molar-refractivity contribution >= 4 is 20.0 Å². The summed E-state index contributed by atoms with van der Waals surface area (Å²) < 4.78 is 4.87. The van der Waals surface area contributed by atoms with Gasteiger partial charge in [-0.1, -0.05) is 38.7 Å². The van der Waals surface area contributed by atoms with Crippen molar-refractivity contribution in [3.05, 3.63) is 22.9 Å². The molecule has 0 aliphatic heterocycles. The first-order chi connectivity index (χ1) is 8.66. The highest BCUT2D eigenvalue weighted by atomic mass is 28.3. The Morgan fingerprint density at radius 3 is 2.26 bits per heavy atom. The number of esters is 1. The lowest BCUT2D eigenvalue weighted by Gasteiger charge is -2.31. The topological polar surface area (TPSA) is 55.4 Å². The third-order valence-electron chi connectivity index (χ3n) is 3.22. The summed E-state index contributed by atoms with van der Waals surface area (Å²) in [5, 5.41) is 3.97. The van der Waals surface area contributed by atoms with Gasteiger partial charge in [-0.15, -0.1) is 0 Å². The molecule has 0 saturated carbocycles. The lowest BCUT2D eigenvalue weighted by atomic mass is 9.92. The highest BCUT2D eigenvalue weighted by molar-refractivity contribution is 6.84. The van der Waals surface area contributed by atoms with Crippen LogP contribution in [0.25, 0.3) is 0 Å². The monoisotopic (exact) mass is 281 g/mol. The van der Waals surface area contributed by atoms with E-state index in [1.54, 1.807) is 0 Å². The molecule has 0 radical (unpaired) electrons. The zero-order valence-corrected chi connectivity index (χ0v) is 13.5. The SMILES string of the molecule is COC(=O)C1=C[C@@H](C)[C@@H](NC(C)=O)C=C1[Si](C)(C)C. The molecule has 0 spiro atoms. The first-order valence-electron chi connectivity index (χ1n) is 6.46. The summed E-state index contributed by atoms with van der Waals surface area (Å²) >= 11 is 0. The molecule has 1 N–H and O–H groups in total. The zero-order chi connectivity index (χ0) is 14.8. The smallest absolute Gasteiger partial charge is 0.337 e. The van der Waals surface area contributed by atoms with Gasteiger partial charge in [0.2, 0.25) is 5.91 Å². The fourth-order valence-electron chi connectivity index (χ4n) is 2.23. The Hall–Kier alpha value is -1.36. The normalized spacial score (nSPS) is 23.3. The molecular weight excluding hydrogens is 258 g/mol. The Bertz CT molecular complexity index is 446. The number of carbonyl (C=O) groups is 2. The second kappa shape index (κ2) is 5.73. The van der Waals surface area contributed by atoms with Crippen molar-refractivity contribution in [2.24, 2.45) is 5.92 Å². The second-order valence-electron chi connectivity index (χ2n) is 5.99. The molecule has 0 heterocycles. The van der Waals surface area contributed by atoms with Crippen LogP contribution >= 0.6 is 0 Å². The largest absolute Gasteiger partial charge is 0.465 e. The lowest BCUT2D eigenvalue weighted by Crippen LogP contribution is -2.41. The van der Waals surface area contributed by atoms with E-state index in [1.807, 2.05) is 19.1 Å². The molecule has 2 atom stereocenters. The van der Waals surface area contributed by atoms with E-state index >= 15 is 0 Å². The number of amides is 1. The van der Waals surface area contributed by atoms with E-state index in [1.165, 1.54) is 14.0 Å². The highest BCUT2D eigenvalue weighted by Gasteiger charge is 2.33. The van der Waals surface area contributed by atoms with Gasteiger partial charge in [-0.05, 0) is 11.1 Å². The van der Waals surface area contributed by atoms with Crippen LogP contribution < -0.4 is 5.32 Å². The summed E-state index contributed by atoms with van der Waals surface area (Å²) in [5.41, 5.74) is 0.663. The summed E-state index contributed by atoms with van der Waals surface area (Å²) in [6.07, 6.45) is 3.95. The maximum atomic E-state index is 11.9. The molecule has 0 aromatic rings. The number of ether oxygens (including phenoxy) is 1. The third-order valence-corrected chi connectivity index (χ3v) is 5.27. The fourth-order valence-corrected chi connectivity index (χ4v) is 3.90. The van der Waals surface area contributed by atoms with E-state index in [4.69, 9.17) is 4.74 Å². The Morgan fingerprint density at radius 1 is 1.26 bits per heavy atom. The number of nitrogens with one attached hydrogen (secondary N) is 1. The van der Waals surface area contributed by atoms with Crippen molar-refractivity contribution in [2.75, 3.05) is 7.11 Å². The van der Waals surface area contributed by atoms with Crippen LogP contribution in [0.3, 0.4) is 0 Å². The van der Waals surface area contributed by atoms with Gasteiger partial charge < -0.3 is 10.1 Å². The molecular formula is C14H23NO3Si. The summed E-state index contributed by atoms with van der Waals surface area (Å²) in [7, 11) is -0.282. The molecule has 1 amide bonds. The summed E-state index contributed by atoms with van der Waals surface area (Å²) in [5.74, 6) is -0.266. The van der Waals surface area contributed by atoms with E-state index < -0.39 is 8.07 Å². The van der Waals surface area contributed by atoms with Crippen molar-refractivity contribution in [1.29, 1.82) is 0 Å². The number of hydrogen-bond donors (Lipinski definition) is 1.